The average molecular weight is 343 g/mol. The van der Waals surface area contributed by atoms with Crippen molar-refractivity contribution in [3.05, 3.63) is 70.7 Å². The van der Waals surface area contributed by atoms with Crippen LogP contribution in [0, 0.1) is 0 Å². The number of rotatable bonds is 6. The standard InChI is InChI=1S/C19H19ClN2O2/c20-16-8-4-5-14(11-16)18(24)21-12-17(23)22-13-19(9-10-19)15-6-2-1-3-7-15/h1-8,11H,9-10,12-13H2,(H,21,24)(H,22,23). The van der Waals surface area contributed by atoms with E-state index >= 15 is 0 Å². The summed E-state index contributed by atoms with van der Waals surface area (Å²) in [5, 5.41) is 6.03. The van der Waals surface area contributed by atoms with Crippen LogP contribution in [0.15, 0.2) is 54.6 Å². The summed E-state index contributed by atoms with van der Waals surface area (Å²) in [5.74, 6) is -0.496. The molecule has 0 spiro atoms. The molecule has 0 aromatic heterocycles. The first-order chi connectivity index (χ1) is 11.6. The van der Waals surface area contributed by atoms with Crippen LogP contribution >= 0.6 is 11.6 Å². The molecular formula is C19H19ClN2O2. The molecule has 1 aliphatic rings. The lowest BCUT2D eigenvalue weighted by atomic mass is 9.96. The van der Waals surface area contributed by atoms with Crippen LogP contribution in [0.2, 0.25) is 5.02 Å². The number of amides is 2. The number of hydrogen-bond donors (Lipinski definition) is 2. The zero-order valence-corrected chi connectivity index (χ0v) is 14.0. The average Bonchev–Trinajstić information content (AvgIpc) is 3.40. The Balaban J connectivity index is 1.47. The van der Waals surface area contributed by atoms with E-state index in [9.17, 15) is 9.59 Å². The van der Waals surface area contributed by atoms with Crippen molar-refractivity contribution < 1.29 is 9.59 Å². The monoisotopic (exact) mass is 342 g/mol. The van der Waals surface area contributed by atoms with Gasteiger partial charge in [-0.25, -0.2) is 0 Å². The Kier molecular flexibility index (Phi) is 4.86. The highest BCUT2D eigenvalue weighted by molar-refractivity contribution is 6.30. The summed E-state index contributed by atoms with van der Waals surface area (Å²) < 4.78 is 0. The van der Waals surface area contributed by atoms with Gasteiger partial charge in [0.2, 0.25) is 5.91 Å². The molecule has 24 heavy (non-hydrogen) atoms. The van der Waals surface area contributed by atoms with Crippen molar-refractivity contribution in [3.63, 3.8) is 0 Å². The Morgan fingerprint density at radius 3 is 2.42 bits per heavy atom. The summed E-state index contributed by atoms with van der Waals surface area (Å²) >= 11 is 5.86. The van der Waals surface area contributed by atoms with E-state index in [0.717, 1.165) is 12.8 Å². The quantitative estimate of drug-likeness (QED) is 0.848. The fourth-order valence-electron chi connectivity index (χ4n) is 2.73. The number of nitrogens with one attached hydrogen (secondary N) is 2. The lowest BCUT2D eigenvalue weighted by molar-refractivity contribution is -0.120. The largest absolute Gasteiger partial charge is 0.354 e. The molecule has 1 saturated carbocycles. The molecule has 0 saturated heterocycles. The highest BCUT2D eigenvalue weighted by Gasteiger charge is 2.44. The van der Waals surface area contributed by atoms with E-state index in [1.165, 1.54) is 5.56 Å². The molecule has 4 nitrogen and oxygen atoms in total. The smallest absolute Gasteiger partial charge is 0.251 e. The summed E-state index contributed by atoms with van der Waals surface area (Å²) in [5.41, 5.74) is 1.76. The molecule has 0 aliphatic heterocycles. The van der Waals surface area contributed by atoms with Crippen LogP contribution in [0.3, 0.4) is 0 Å². The molecule has 5 heteroatoms. The van der Waals surface area contributed by atoms with Gasteiger partial charge in [-0.05, 0) is 36.6 Å². The number of halogens is 1. The van der Waals surface area contributed by atoms with Crippen LogP contribution in [0.4, 0.5) is 0 Å². The van der Waals surface area contributed by atoms with Gasteiger partial charge in [0.05, 0.1) is 6.54 Å². The summed E-state index contributed by atoms with van der Waals surface area (Å²) in [6.45, 7) is 0.555. The van der Waals surface area contributed by atoms with E-state index < -0.39 is 0 Å². The summed E-state index contributed by atoms with van der Waals surface area (Å²) in [6.07, 6.45) is 2.15. The zero-order chi connectivity index (χ0) is 17.0. The van der Waals surface area contributed by atoms with Crippen molar-refractivity contribution in [1.82, 2.24) is 10.6 Å². The maximum Gasteiger partial charge on any atom is 0.251 e. The predicted octanol–water partition coefficient (Wildman–Crippen LogP) is 2.92. The van der Waals surface area contributed by atoms with Gasteiger partial charge in [0.1, 0.15) is 0 Å². The van der Waals surface area contributed by atoms with Gasteiger partial charge in [-0.3, -0.25) is 9.59 Å². The van der Waals surface area contributed by atoms with E-state index in [-0.39, 0.29) is 23.8 Å². The lowest BCUT2D eigenvalue weighted by Crippen LogP contribution is -2.40. The Hall–Kier alpha value is -2.33. The van der Waals surface area contributed by atoms with E-state index in [2.05, 4.69) is 22.8 Å². The Morgan fingerprint density at radius 1 is 1.00 bits per heavy atom. The number of carbonyl (C=O) groups excluding carboxylic acids is 2. The van der Waals surface area contributed by atoms with Gasteiger partial charge in [0.15, 0.2) is 0 Å². The molecule has 2 N–H and O–H groups in total. The number of carbonyl (C=O) groups is 2. The number of benzene rings is 2. The molecule has 1 aliphatic carbocycles. The Labute approximate surface area is 146 Å². The van der Waals surface area contributed by atoms with E-state index in [4.69, 9.17) is 11.6 Å². The lowest BCUT2D eigenvalue weighted by Gasteiger charge is -2.16. The van der Waals surface area contributed by atoms with Gasteiger partial charge >= 0.3 is 0 Å². The zero-order valence-electron chi connectivity index (χ0n) is 13.2. The minimum absolute atomic E-state index is 0.0454. The van der Waals surface area contributed by atoms with Crippen molar-refractivity contribution in [3.8, 4) is 0 Å². The third kappa shape index (κ3) is 3.95. The Bertz CT molecular complexity index is 742. The topological polar surface area (TPSA) is 58.2 Å². The van der Waals surface area contributed by atoms with Gasteiger partial charge < -0.3 is 10.6 Å². The molecule has 2 amide bonds. The second kappa shape index (κ2) is 7.05. The second-order valence-corrected chi connectivity index (χ2v) is 6.55. The van der Waals surface area contributed by atoms with Crippen LogP contribution in [0.5, 0.6) is 0 Å². The minimum atomic E-state index is -0.308. The van der Waals surface area contributed by atoms with Gasteiger partial charge in [-0.2, -0.15) is 0 Å². The van der Waals surface area contributed by atoms with Gasteiger partial charge in [-0.1, -0.05) is 48.0 Å². The molecule has 0 atom stereocenters. The first-order valence-electron chi connectivity index (χ1n) is 7.95. The highest BCUT2D eigenvalue weighted by Crippen LogP contribution is 2.47. The molecule has 124 valence electrons. The molecule has 3 rings (SSSR count). The second-order valence-electron chi connectivity index (χ2n) is 6.12. The molecule has 1 fully saturated rings. The van der Waals surface area contributed by atoms with Gasteiger partial charge in [-0.15, -0.1) is 0 Å². The molecule has 0 radical (unpaired) electrons. The summed E-state index contributed by atoms with van der Waals surface area (Å²) in [4.78, 5) is 24.0. The summed E-state index contributed by atoms with van der Waals surface area (Å²) in [6, 6.07) is 16.9. The van der Waals surface area contributed by atoms with E-state index in [0.29, 0.717) is 17.1 Å². The molecule has 0 heterocycles. The van der Waals surface area contributed by atoms with Crippen molar-refractivity contribution in [2.24, 2.45) is 0 Å². The van der Waals surface area contributed by atoms with Crippen LogP contribution in [-0.2, 0) is 10.2 Å². The highest BCUT2D eigenvalue weighted by atomic mass is 35.5. The van der Waals surface area contributed by atoms with Crippen molar-refractivity contribution in [1.29, 1.82) is 0 Å². The maximum atomic E-state index is 12.0. The van der Waals surface area contributed by atoms with Crippen LogP contribution in [0.1, 0.15) is 28.8 Å². The van der Waals surface area contributed by atoms with Crippen LogP contribution in [0.25, 0.3) is 0 Å². The van der Waals surface area contributed by atoms with E-state index in [1.807, 2.05) is 18.2 Å². The maximum absolute atomic E-state index is 12.0. The number of hydrogen-bond acceptors (Lipinski definition) is 2. The first-order valence-corrected chi connectivity index (χ1v) is 8.33. The van der Waals surface area contributed by atoms with Crippen molar-refractivity contribution in [2.45, 2.75) is 18.3 Å². The van der Waals surface area contributed by atoms with Gasteiger partial charge in [0.25, 0.3) is 5.91 Å². The fraction of sp³-hybridized carbons (Fsp3) is 0.263. The van der Waals surface area contributed by atoms with Crippen molar-refractivity contribution in [2.75, 3.05) is 13.1 Å². The molecule has 0 unspecified atom stereocenters. The molecular weight excluding hydrogens is 324 g/mol. The minimum Gasteiger partial charge on any atom is -0.354 e. The van der Waals surface area contributed by atoms with Crippen LogP contribution < -0.4 is 10.6 Å². The van der Waals surface area contributed by atoms with Crippen molar-refractivity contribution >= 4 is 23.4 Å². The normalized spacial score (nSPS) is 14.7. The van der Waals surface area contributed by atoms with E-state index in [1.54, 1.807) is 24.3 Å². The van der Waals surface area contributed by atoms with Crippen LogP contribution in [-0.4, -0.2) is 24.9 Å². The fourth-order valence-corrected chi connectivity index (χ4v) is 2.92. The predicted molar refractivity (Wildman–Crippen MR) is 94.1 cm³/mol. The summed E-state index contributed by atoms with van der Waals surface area (Å²) in [7, 11) is 0. The Morgan fingerprint density at radius 2 is 1.75 bits per heavy atom. The molecule has 2 aromatic rings. The molecule has 0 bridgehead atoms. The third-order valence-electron chi connectivity index (χ3n) is 4.36. The first kappa shape index (κ1) is 16.5. The third-order valence-corrected chi connectivity index (χ3v) is 4.60. The van der Waals surface area contributed by atoms with Gasteiger partial charge in [0, 0.05) is 22.5 Å². The molecule has 2 aromatic carbocycles. The SMILES string of the molecule is O=C(CNC(=O)c1cccc(Cl)c1)NCC1(c2ccccc2)CC1.